The number of anilines is 1. The first-order chi connectivity index (χ1) is 13.1. The van der Waals surface area contributed by atoms with E-state index in [1.165, 1.54) is 4.90 Å². The van der Waals surface area contributed by atoms with Crippen molar-refractivity contribution >= 4 is 23.4 Å². The molecule has 5 aliphatic rings. The fourth-order valence-electron chi connectivity index (χ4n) is 5.32. The highest BCUT2D eigenvalue weighted by molar-refractivity contribution is 6.09. The van der Waals surface area contributed by atoms with Crippen LogP contribution in [0.25, 0.3) is 0 Å². The molecule has 2 bridgehead atoms. The maximum atomic E-state index is 12.9. The van der Waals surface area contributed by atoms with Crippen molar-refractivity contribution in [3.05, 3.63) is 36.4 Å². The molecule has 6 heteroatoms. The van der Waals surface area contributed by atoms with Crippen molar-refractivity contribution in [1.29, 1.82) is 0 Å². The van der Waals surface area contributed by atoms with Crippen molar-refractivity contribution in [2.24, 2.45) is 35.5 Å². The summed E-state index contributed by atoms with van der Waals surface area (Å²) in [5.41, 5.74) is 0.614. The SMILES string of the molecule is CCOc1ccc(NC(=O)CN2C(=O)[C@@H]3[C@H]4C=C[C@H]([C@@H]5C[C@H]45)[C@@H]3C2=O)cc1. The van der Waals surface area contributed by atoms with Gasteiger partial charge in [0.2, 0.25) is 17.7 Å². The van der Waals surface area contributed by atoms with E-state index in [9.17, 15) is 14.4 Å². The summed E-state index contributed by atoms with van der Waals surface area (Å²) in [6.45, 7) is 2.26. The average molecular weight is 366 g/mol. The normalized spacial score (nSPS) is 35.1. The fraction of sp³-hybridized carbons (Fsp3) is 0.476. The highest BCUT2D eigenvalue weighted by Crippen LogP contribution is 2.65. The van der Waals surface area contributed by atoms with Gasteiger partial charge in [0, 0.05) is 5.69 Å². The van der Waals surface area contributed by atoms with Gasteiger partial charge in [-0.05, 0) is 61.3 Å². The van der Waals surface area contributed by atoms with Crippen LogP contribution < -0.4 is 10.1 Å². The zero-order valence-electron chi connectivity index (χ0n) is 15.1. The molecule has 0 radical (unpaired) electrons. The number of ether oxygens (including phenoxy) is 1. The van der Waals surface area contributed by atoms with Crippen LogP contribution in [0.1, 0.15) is 13.3 Å². The molecule has 1 N–H and O–H groups in total. The van der Waals surface area contributed by atoms with Crippen LogP contribution in [0.5, 0.6) is 5.75 Å². The Kier molecular flexibility index (Phi) is 3.64. The molecule has 140 valence electrons. The van der Waals surface area contributed by atoms with Crippen molar-refractivity contribution in [1.82, 2.24) is 4.90 Å². The van der Waals surface area contributed by atoms with Gasteiger partial charge in [-0.15, -0.1) is 0 Å². The van der Waals surface area contributed by atoms with Gasteiger partial charge in [0.1, 0.15) is 12.3 Å². The summed E-state index contributed by atoms with van der Waals surface area (Å²) < 4.78 is 5.38. The molecule has 1 saturated heterocycles. The van der Waals surface area contributed by atoms with Crippen molar-refractivity contribution in [3.63, 3.8) is 0 Å². The number of rotatable bonds is 5. The van der Waals surface area contributed by atoms with Crippen LogP contribution in [0.4, 0.5) is 5.69 Å². The minimum Gasteiger partial charge on any atom is -0.494 e. The molecule has 6 nitrogen and oxygen atoms in total. The number of likely N-dealkylation sites (tertiary alicyclic amines) is 1. The number of benzene rings is 1. The molecule has 27 heavy (non-hydrogen) atoms. The Balaban J connectivity index is 1.27. The Morgan fingerprint density at radius 2 is 1.67 bits per heavy atom. The fourth-order valence-corrected chi connectivity index (χ4v) is 5.32. The van der Waals surface area contributed by atoms with E-state index in [0.717, 1.165) is 12.2 Å². The van der Waals surface area contributed by atoms with Gasteiger partial charge in [-0.25, -0.2) is 0 Å². The van der Waals surface area contributed by atoms with Crippen LogP contribution >= 0.6 is 0 Å². The van der Waals surface area contributed by atoms with Crippen LogP contribution in [-0.2, 0) is 14.4 Å². The van der Waals surface area contributed by atoms with Gasteiger partial charge >= 0.3 is 0 Å². The first-order valence-electron chi connectivity index (χ1n) is 9.64. The van der Waals surface area contributed by atoms with Crippen LogP contribution in [-0.4, -0.2) is 35.8 Å². The number of nitrogens with zero attached hydrogens (tertiary/aromatic N) is 1. The summed E-state index contributed by atoms with van der Waals surface area (Å²) in [6.07, 6.45) is 5.40. The third-order valence-electron chi connectivity index (χ3n) is 6.50. The van der Waals surface area contributed by atoms with E-state index in [4.69, 9.17) is 4.74 Å². The lowest BCUT2D eigenvalue weighted by Gasteiger charge is -2.37. The average Bonchev–Trinajstić information content (AvgIpc) is 3.45. The number of carbonyl (C=O) groups is 3. The molecule has 6 rings (SSSR count). The largest absolute Gasteiger partial charge is 0.494 e. The quantitative estimate of drug-likeness (QED) is 0.639. The lowest BCUT2D eigenvalue weighted by atomic mass is 9.63. The highest BCUT2D eigenvalue weighted by atomic mass is 16.5. The zero-order valence-corrected chi connectivity index (χ0v) is 15.1. The molecule has 1 aliphatic heterocycles. The monoisotopic (exact) mass is 366 g/mol. The van der Waals surface area contributed by atoms with Crippen molar-refractivity contribution in [3.8, 4) is 5.75 Å². The van der Waals surface area contributed by atoms with Crippen molar-refractivity contribution < 1.29 is 19.1 Å². The number of carbonyl (C=O) groups excluding carboxylic acids is 3. The minimum absolute atomic E-state index is 0.170. The van der Waals surface area contributed by atoms with Gasteiger partial charge in [-0.2, -0.15) is 0 Å². The summed E-state index contributed by atoms with van der Waals surface area (Å²) in [7, 11) is 0. The number of hydrogen-bond donors (Lipinski definition) is 1. The van der Waals surface area contributed by atoms with Gasteiger partial charge in [-0.1, -0.05) is 12.2 Å². The molecule has 3 fully saturated rings. The molecule has 6 atom stereocenters. The van der Waals surface area contributed by atoms with E-state index in [-0.39, 0.29) is 47.9 Å². The molecule has 0 spiro atoms. The van der Waals surface area contributed by atoms with Crippen LogP contribution in [0.15, 0.2) is 36.4 Å². The number of allylic oxidation sites excluding steroid dienone is 2. The first-order valence-corrected chi connectivity index (χ1v) is 9.64. The van der Waals surface area contributed by atoms with Crippen LogP contribution in [0.3, 0.4) is 0 Å². The third-order valence-corrected chi connectivity index (χ3v) is 6.50. The lowest BCUT2D eigenvalue weighted by molar-refractivity contribution is -0.142. The Morgan fingerprint density at radius 1 is 1.07 bits per heavy atom. The van der Waals surface area contributed by atoms with Crippen LogP contribution in [0, 0.1) is 35.5 Å². The standard InChI is InChI=1S/C21H22N2O4/c1-2-27-12-5-3-11(4-6-12)22-17(24)10-23-20(25)18-13-7-8-14(16-9-15(13)16)19(18)21(23)26/h3-8,13-16,18-19H,2,9-10H2,1H3,(H,22,24)/t13-,14+,15+,16-,18+,19-. The summed E-state index contributed by atoms with van der Waals surface area (Å²) in [5, 5.41) is 2.76. The third kappa shape index (κ3) is 2.50. The van der Waals surface area contributed by atoms with E-state index in [1.807, 2.05) is 6.92 Å². The van der Waals surface area contributed by atoms with E-state index >= 15 is 0 Å². The van der Waals surface area contributed by atoms with E-state index in [2.05, 4.69) is 17.5 Å². The predicted molar refractivity (Wildman–Crippen MR) is 97.7 cm³/mol. The molecule has 2 saturated carbocycles. The smallest absolute Gasteiger partial charge is 0.244 e. The van der Waals surface area contributed by atoms with E-state index < -0.39 is 0 Å². The molecule has 1 aromatic carbocycles. The lowest BCUT2D eigenvalue weighted by Crippen LogP contribution is -2.40. The molecule has 3 amide bonds. The second kappa shape index (κ2) is 5.94. The summed E-state index contributed by atoms with van der Waals surface area (Å²) in [5.74, 6) is 1.01. The molecule has 1 aromatic rings. The highest BCUT2D eigenvalue weighted by Gasteiger charge is 2.67. The van der Waals surface area contributed by atoms with Gasteiger partial charge in [0.05, 0.1) is 18.4 Å². The Bertz CT molecular complexity index is 810. The van der Waals surface area contributed by atoms with Crippen molar-refractivity contribution in [2.45, 2.75) is 13.3 Å². The molecular formula is C21H22N2O4. The molecule has 1 heterocycles. The maximum Gasteiger partial charge on any atom is 0.244 e. The number of nitrogens with one attached hydrogen (secondary N) is 1. The molecule has 0 aromatic heterocycles. The van der Waals surface area contributed by atoms with Gasteiger partial charge in [-0.3, -0.25) is 19.3 Å². The maximum absolute atomic E-state index is 12.9. The second-order valence-electron chi connectivity index (χ2n) is 7.92. The summed E-state index contributed by atoms with van der Waals surface area (Å²) in [6, 6.07) is 7.03. The predicted octanol–water partition coefficient (Wildman–Crippen LogP) is 2.08. The molecule has 0 unspecified atom stereocenters. The first kappa shape index (κ1) is 16.5. The number of imide groups is 1. The van der Waals surface area contributed by atoms with Crippen LogP contribution in [0.2, 0.25) is 0 Å². The summed E-state index contributed by atoms with van der Waals surface area (Å²) >= 11 is 0. The van der Waals surface area contributed by atoms with Gasteiger partial charge in [0.25, 0.3) is 0 Å². The zero-order chi connectivity index (χ0) is 18.7. The number of amides is 3. The topological polar surface area (TPSA) is 75.7 Å². The second-order valence-corrected chi connectivity index (χ2v) is 7.92. The molecule has 4 aliphatic carbocycles. The Morgan fingerprint density at radius 3 is 2.22 bits per heavy atom. The number of hydrogen-bond acceptors (Lipinski definition) is 4. The van der Waals surface area contributed by atoms with Crippen molar-refractivity contribution in [2.75, 3.05) is 18.5 Å². The van der Waals surface area contributed by atoms with E-state index in [0.29, 0.717) is 24.1 Å². The molecular weight excluding hydrogens is 344 g/mol. The Labute approximate surface area is 157 Å². The van der Waals surface area contributed by atoms with E-state index in [1.54, 1.807) is 24.3 Å². The summed E-state index contributed by atoms with van der Waals surface area (Å²) in [4.78, 5) is 39.4. The van der Waals surface area contributed by atoms with Gasteiger partial charge < -0.3 is 10.1 Å². The van der Waals surface area contributed by atoms with Gasteiger partial charge in [0.15, 0.2) is 0 Å². The minimum atomic E-state index is -0.357. The Hall–Kier alpha value is -2.63.